The molecule has 17 heavy (non-hydrogen) atoms. The fourth-order valence-corrected chi connectivity index (χ4v) is 1.61. The van der Waals surface area contributed by atoms with Crippen LogP contribution in [-0.4, -0.2) is 27.1 Å². The van der Waals surface area contributed by atoms with Crippen LogP contribution in [0.4, 0.5) is 11.6 Å². The summed E-state index contributed by atoms with van der Waals surface area (Å²) in [5.41, 5.74) is 5.64. The zero-order chi connectivity index (χ0) is 12.8. The summed E-state index contributed by atoms with van der Waals surface area (Å²) in [6.07, 6.45) is 4.44. The summed E-state index contributed by atoms with van der Waals surface area (Å²) in [6.45, 7) is 2.54. The van der Waals surface area contributed by atoms with Crippen LogP contribution in [0, 0.1) is 10.1 Å². The van der Waals surface area contributed by atoms with Crippen molar-refractivity contribution in [3.63, 3.8) is 0 Å². The van der Waals surface area contributed by atoms with E-state index >= 15 is 0 Å². The number of unbranched alkanes of at least 4 members (excludes halogenated alkanes) is 1. The Morgan fingerprint density at radius 3 is 2.94 bits per heavy atom. The van der Waals surface area contributed by atoms with Crippen LogP contribution in [0.25, 0.3) is 0 Å². The number of nitrogens with zero attached hydrogens (tertiary/aromatic N) is 3. The molecule has 0 radical (unpaired) electrons. The SMILES string of the molecule is CCCCC(CN)Nc1c([N+](=O)[O-])ncn1C. The van der Waals surface area contributed by atoms with E-state index in [9.17, 15) is 10.1 Å². The predicted molar refractivity (Wildman–Crippen MR) is 65.9 cm³/mol. The zero-order valence-electron chi connectivity index (χ0n) is 10.2. The van der Waals surface area contributed by atoms with Crippen LogP contribution < -0.4 is 11.1 Å². The highest BCUT2D eigenvalue weighted by molar-refractivity contribution is 5.52. The maximum Gasteiger partial charge on any atom is 0.406 e. The lowest BCUT2D eigenvalue weighted by Crippen LogP contribution is -2.29. The second kappa shape index (κ2) is 6.19. The molecule has 0 aliphatic heterocycles. The van der Waals surface area contributed by atoms with Crippen LogP contribution in [0.3, 0.4) is 0 Å². The first-order valence-corrected chi connectivity index (χ1v) is 5.72. The lowest BCUT2D eigenvalue weighted by molar-refractivity contribution is -0.388. The zero-order valence-corrected chi connectivity index (χ0v) is 10.2. The van der Waals surface area contributed by atoms with Gasteiger partial charge in [-0.1, -0.05) is 19.8 Å². The van der Waals surface area contributed by atoms with Gasteiger partial charge in [-0.3, -0.25) is 4.57 Å². The number of imidazole rings is 1. The fourth-order valence-electron chi connectivity index (χ4n) is 1.61. The molecular weight excluding hydrogens is 222 g/mol. The van der Waals surface area contributed by atoms with Crippen molar-refractivity contribution < 1.29 is 4.92 Å². The standard InChI is InChI=1S/C10H19N5O2/c1-3-4-5-8(6-11)13-10-9(15(16)17)12-7-14(10)2/h7-8,13H,3-6,11H2,1-2H3. The number of hydrogen-bond donors (Lipinski definition) is 2. The van der Waals surface area contributed by atoms with Crippen molar-refractivity contribution in [2.24, 2.45) is 12.8 Å². The highest BCUT2D eigenvalue weighted by atomic mass is 16.6. The molecule has 7 heteroatoms. The molecule has 1 aromatic rings. The highest BCUT2D eigenvalue weighted by Crippen LogP contribution is 2.22. The van der Waals surface area contributed by atoms with E-state index in [2.05, 4.69) is 17.2 Å². The summed E-state index contributed by atoms with van der Waals surface area (Å²) >= 11 is 0. The number of aryl methyl sites for hydroxylation is 1. The fraction of sp³-hybridized carbons (Fsp3) is 0.700. The van der Waals surface area contributed by atoms with Gasteiger partial charge in [0.15, 0.2) is 0 Å². The van der Waals surface area contributed by atoms with Crippen molar-refractivity contribution in [3.05, 3.63) is 16.4 Å². The minimum atomic E-state index is -0.490. The van der Waals surface area contributed by atoms with Gasteiger partial charge >= 0.3 is 5.82 Å². The molecule has 1 atom stereocenters. The average Bonchev–Trinajstić information content (AvgIpc) is 2.66. The van der Waals surface area contributed by atoms with Gasteiger partial charge in [-0.05, 0) is 16.3 Å². The molecule has 0 bridgehead atoms. The molecule has 3 N–H and O–H groups in total. The van der Waals surface area contributed by atoms with Crippen LogP contribution in [0.2, 0.25) is 0 Å². The number of anilines is 1. The van der Waals surface area contributed by atoms with Crippen molar-refractivity contribution in [2.45, 2.75) is 32.2 Å². The Morgan fingerprint density at radius 1 is 1.71 bits per heavy atom. The first-order chi connectivity index (χ1) is 8.10. The lowest BCUT2D eigenvalue weighted by atomic mass is 10.1. The van der Waals surface area contributed by atoms with E-state index in [1.807, 2.05) is 0 Å². The largest absolute Gasteiger partial charge is 0.406 e. The quantitative estimate of drug-likeness (QED) is 0.553. The summed E-state index contributed by atoms with van der Waals surface area (Å²) in [5.74, 6) is 0.268. The number of aromatic nitrogens is 2. The third-order valence-corrected chi connectivity index (χ3v) is 2.62. The van der Waals surface area contributed by atoms with E-state index in [4.69, 9.17) is 5.73 Å². The minimum absolute atomic E-state index is 0.0454. The van der Waals surface area contributed by atoms with Gasteiger partial charge in [0.2, 0.25) is 12.1 Å². The van der Waals surface area contributed by atoms with E-state index in [0.29, 0.717) is 12.4 Å². The van der Waals surface area contributed by atoms with E-state index in [-0.39, 0.29) is 11.9 Å². The van der Waals surface area contributed by atoms with Crippen molar-refractivity contribution >= 4 is 11.6 Å². The van der Waals surface area contributed by atoms with Crippen molar-refractivity contribution in [2.75, 3.05) is 11.9 Å². The smallest absolute Gasteiger partial charge is 0.360 e. The van der Waals surface area contributed by atoms with Crippen LogP contribution in [0.15, 0.2) is 6.33 Å². The van der Waals surface area contributed by atoms with Crippen molar-refractivity contribution in [1.82, 2.24) is 9.55 Å². The molecule has 0 aromatic carbocycles. The predicted octanol–water partition coefficient (Wildman–Crippen LogP) is 1.26. The molecule has 7 nitrogen and oxygen atoms in total. The minimum Gasteiger partial charge on any atom is -0.360 e. The van der Waals surface area contributed by atoms with E-state index in [1.54, 1.807) is 11.6 Å². The molecule has 0 spiro atoms. The van der Waals surface area contributed by atoms with Gasteiger partial charge in [-0.25, -0.2) is 0 Å². The molecule has 1 unspecified atom stereocenters. The lowest BCUT2D eigenvalue weighted by Gasteiger charge is -2.17. The van der Waals surface area contributed by atoms with Gasteiger partial charge in [0.1, 0.15) is 0 Å². The Balaban J connectivity index is 2.77. The Bertz CT molecular complexity index is 377. The molecule has 0 aliphatic rings. The van der Waals surface area contributed by atoms with Crippen molar-refractivity contribution in [1.29, 1.82) is 0 Å². The molecule has 96 valence electrons. The van der Waals surface area contributed by atoms with E-state index in [1.165, 1.54) is 6.33 Å². The number of nitrogens with two attached hydrogens (primary N) is 1. The number of rotatable bonds is 7. The molecule has 1 heterocycles. The number of hydrogen-bond acceptors (Lipinski definition) is 5. The maximum absolute atomic E-state index is 10.8. The summed E-state index contributed by atoms with van der Waals surface area (Å²) in [6, 6.07) is 0.0454. The highest BCUT2D eigenvalue weighted by Gasteiger charge is 2.21. The number of nitrogens with one attached hydrogen (secondary N) is 1. The molecule has 0 saturated heterocycles. The van der Waals surface area contributed by atoms with Gasteiger partial charge in [-0.15, -0.1) is 0 Å². The van der Waals surface area contributed by atoms with Gasteiger partial charge in [0, 0.05) is 19.6 Å². The summed E-state index contributed by atoms with van der Waals surface area (Å²) in [7, 11) is 1.72. The Morgan fingerprint density at radius 2 is 2.41 bits per heavy atom. The molecule has 0 amide bonds. The van der Waals surface area contributed by atoms with Gasteiger partial charge in [-0.2, -0.15) is 0 Å². The Kier molecular flexibility index (Phi) is 4.89. The third-order valence-electron chi connectivity index (χ3n) is 2.62. The average molecular weight is 241 g/mol. The van der Waals surface area contributed by atoms with E-state index in [0.717, 1.165) is 19.3 Å². The first kappa shape index (κ1) is 13.4. The molecule has 0 fully saturated rings. The van der Waals surface area contributed by atoms with Crippen LogP contribution in [0.5, 0.6) is 0 Å². The Hall–Kier alpha value is -1.63. The molecule has 0 saturated carbocycles. The second-order valence-electron chi connectivity index (χ2n) is 4.00. The summed E-state index contributed by atoms with van der Waals surface area (Å²) in [4.78, 5) is 14.0. The van der Waals surface area contributed by atoms with E-state index < -0.39 is 4.92 Å². The normalized spacial score (nSPS) is 12.4. The molecular formula is C10H19N5O2. The van der Waals surface area contributed by atoms with Gasteiger partial charge in [0.25, 0.3) is 0 Å². The maximum atomic E-state index is 10.8. The number of nitro groups is 1. The monoisotopic (exact) mass is 241 g/mol. The van der Waals surface area contributed by atoms with Crippen LogP contribution >= 0.6 is 0 Å². The van der Waals surface area contributed by atoms with Crippen LogP contribution in [-0.2, 0) is 7.05 Å². The first-order valence-electron chi connectivity index (χ1n) is 5.72. The molecule has 1 aromatic heterocycles. The second-order valence-corrected chi connectivity index (χ2v) is 4.00. The third kappa shape index (κ3) is 3.42. The van der Waals surface area contributed by atoms with Gasteiger partial charge in [0.05, 0.1) is 0 Å². The molecule has 0 aliphatic carbocycles. The van der Waals surface area contributed by atoms with Crippen LogP contribution in [0.1, 0.15) is 26.2 Å². The summed E-state index contributed by atoms with van der Waals surface area (Å²) in [5, 5.41) is 13.9. The van der Waals surface area contributed by atoms with Crippen molar-refractivity contribution in [3.8, 4) is 0 Å². The van der Waals surface area contributed by atoms with Gasteiger partial charge < -0.3 is 21.2 Å². The topological polar surface area (TPSA) is 99.0 Å². The molecule has 1 rings (SSSR count). The summed E-state index contributed by atoms with van der Waals surface area (Å²) < 4.78 is 1.60. The Labute approximate surface area is 100 Å².